The quantitative estimate of drug-likeness (QED) is 0.129. The van der Waals surface area contributed by atoms with Gasteiger partial charge in [0.25, 0.3) is 0 Å². The SMILES string of the molecule is CC(=O)O[C@@H]1[C@@H](O)[C@H](O[C@H]2CC[C@]34C[C@]35CC[C@]3(C)[C@@H]([C@@]6(C)C[C@@H](C(C)(C)O)CO6)[C@@H](O)C[C@]3(C)[C@@H]5C[C@H](O[C@@H]3O[C@H](CO)[C@H](O)[C@H](O)[C@@H]3O)[C@H]4C2(C)C)OC[C@H]1OC(C)=O. The minimum atomic E-state index is -1.63. The lowest BCUT2D eigenvalue weighted by Gasteiger charge is -2.65. The van der Waals surface area contributed by atoms with Crippen molar-refractivity contribution in [1.29, 1.82) is 0 Å². The number of hydrogen-bond donors (Lipinski definition) is 7. The number of carbonyl (C=O) groups excluding carboxylic acids is 2. The van der Waals surface area contributed by atoms with Crippen LogP contribution >= 0.6 is 0 Å². The smallest absolute Gasteiger partial charge is 0.303 e. The largest absolute Gasteiger partial charge is 0.456 e. The summed E-state index contributed by atoms with van der Waals surface area (Å²) in [6, 6.07) is 0. The maximum Gasteiger partial charge on any atom is 0.303 e. The summed E-state index contributed by atoms with van der Waals surface area (Å²) in [7, 11) is 0. The van der Waals surface area contributed by atoms with Crippen molar-refractivity contribution in [3.63, 3.8) is 0 Å². The Labute approximate surface area is 358 Å². The van der Waals surface area contributed by atoms with E-state index in [0.29, 0.717) is 32.3 Å². The minimum absolute atomic E-state index is 0.0686. The van der Waals surface area contributed by atoms with Crippen molar-refractivity contribution in [3.8, 4) is 0 Å². The maximum absolute atomic E-state index is 12.3. The summed E-state index contributed by atoms with van der Waals surface area (Å²) in [4.78, 5) is 24.0. The summed E-state index contributed by atoms with van der Waals surface area (Å²) in [5.74, 6) is -1.68. The molecule has 0 bridgehead atoms. The molecule has 0 aromatic carbocycles. The van der Waals surface area contributed by atoms with Gasteiger partial charge in [-0.3, -0.25) is 9.59 Å². The lowest BCUT2D eigenvalue weighted by atomic mass is 9.41. The molecule has 0 aromatic rings. The molecule has 0 amide bonds. The van der Waals surface area contributed by atoms with Gasteiger partial charge >= 0.3 is 11.9 Å². The highest BCUT2D eigenvalue weighted by atomic mass is 16.7. The fraction of sp³-hybridized carbons (Fsp3) is 0.956. The van der Waals surface area contributed by atoms with Crippen molar-refractivity contribution in [2.45, 2.75) is 199 Å². The zero-order chi connectivity index (χ0) is 44.6. The lowest BCUT2D eigenvalue weighted by molar-refractivity contribution is -0.339. The average molecular weight is 869 g/mol. The molecule has 8 fully saturated rings. The average Bonchev–Trinajstić information content (AvgIpc) is 3.52. The summed E-state index contributed by atoms with van der Waals surface area (Å²) in [6.45, 7) is 16.7. The molecule has 5 saturated carbocycles. The number of rotatable bonds is 9. The Hall–Kier alpha value is -1.54. The van der Waals surface area contributed by atoms with E-state index < -0.39 is 109 Å². The van der Waals surface area contributed by atoms with Crippen molar-refractivity contribution in [2.75, 3.05) is 19.8 Å². The third kappa shape index (κ3) is 6.89. The first-order chi connectivity index (χ1) is 28.3. The Morgan fingerprint density at radius 2 is 1.44 bits per heavy atom. The third-order valence-corrected chi connectivity index (χ3v) is 18.4. The molecule has 21 atom stereocenters. The van der Waals surface area contributed by atoms with Gasteiger partial charge in [-0.05, 0) is 111 Å². The number of hydrogen-bond acceptors (Lipinski definition) is 16. The summed E-state index contributed by atoms with van der Waals surface area (Å²) < 4.78 is 43.1. The van der Waals surface area contributed by atoms with E-state index >= 15 is 0 Å². The van der Waals surface area contributed by atoms with Crippen molar-refractivity contribution >= 4 is 11.9 Å². The van der Waals surface area contributed by atoms with Crippen LogP contribution in [0.2, 0.25) is 0 Å². The number of ether oxygens (including phenoxy) is 7. The van der Waals surface area contributed by atoms with Gasteiger partial charge in [0.2, 0.25) is 0 Å². The Morgan fingerprint density at radius 3 is 2.07 bits per heavy atom. The second kappa shape index (κ2) is 15.3. The number of fused-ring (bicyclic) bond motifs is 2. The first kappa shape index (κ1) is 46.0. The summed E-state index contributed by atoms with van der Waals surface area (Å²) >= 11 is 0. The van der Waals surface area contributed by atoms with E-state index in [2.05, 4.69) is 34.6 Å². The number of carbonyl (C=O) groups is 2. The van der Waals surface area contributed by atoms with Gasteiger partial charge in [0, 0.05) is 25.7 Å². The van der Waals surface area contributed by atoms with Crippen LogP contribution in [0.1, 0.15) is 114 Å². The van der Waals surface area contributed by atoms with Crippen molar-refractivity contribution in [1.82, 2.24) is 0 Å². The Bertz CT molecular complexity index is 1680. The van der Waals surface area contributed by atoms with E-state index in [1.54, 1.807) is 0 Å². The van der Waals surface area contributed by atoms with Gasteiger partial charge in [-0.25, -0.2) is 0 Å². The molecule has 16 nitrogen and oxygen atoms in total. The van der Waals surface area contributed by atoms with Crippen LogP contribution < -0.4 is 0 Å². The lowest BCUT2D eigenvalue weighted by Crippen LogP contribution is -2.65. The third-order valence-electron chi connectivity index (χ3n) is 18.4. The van der Waals surface area contributed by atoms with Crippen molar-refractivity contribution < 1.29 is 78.5 Å². The standard InChI is InChI=1S/C45H72O16/c1-21(47)57-27-19-55-37(33(53)34(27)58-22(2)48)61-29-10-11-45-20-44(45)13-12-41(7)35(43(9)15-23(18-56-43)40(5,6)54)24(49)16-42(41,8)28(44)14-25(36(45)39(29,3)4)59-38-32(52)31(51)30(50)26(17-46)60-38/h23-38,46,49-54H,10-20H2,1-9H3/t23-,24+,25+,26-,27-,28+,29+,30+,31+,32+,33-,34+,35+,36+,37+,38-,41-,42-,43-,44+,45-/m1/s1. The number of aliphatic hydroxyl groups excluding tert-OH is 6. The molecule has 16 heteroatoms. The molecule has 8 aliphatic rings. The van der Waals surface area contributed by atoms with Gasteiger partial charge in [-0.2, -0.15) is 0 Å². The van der Waals surface area contributed by atoms with Gasteiger partial charge in [0.1, 0.15) is 30.5 Å². The molecule has 3 heterocycles. The molecule has 348 valence electrons. The van der Waals surface area contributed by atoms with Gasteiger partial charge in [-0.15, -0.1) is 0 Å². The molecule has 5 aliphatic carbocycles. The van der Waals surface area contributed by atoms with Crippen LogP contribution in [0, 0.1) is 50.7 Å². The van der Waals surface area contributed by atoms with E-state index in [1.165, 1.54) is 13.8 Å². The summed E-state index contributed by atoms with van der Waals surface area (Å²) in [5.41, 5.74) is -3.33. The second-order valence-corrected chi connectivity index (χ2v) is 22.3. The van der Waals surface area contributed by atoms with Crippen LogP contribution in [-0.2, 0) is 42.7 Å². The first-order valence-electron chi connectivity index (χ1n) is 22.6. The Balaban J connectivity index is 1.13. The second-order valence-electron chi connectivity index (χ2n) is 22.3. The monoisotopic (exact) mass is 868 g/mol. The highest BCUT2D eigenvalue weighted by Gasteiger charge is 2.85. The summed E-state index contributed by atoms with van der Waals surface area (Å²) in [5, 5.41) is 77.8. The predicted octanol–water partition coefficient (Wildman–Crippen LogP) is 1.72. The molecule has 3 aliphatic heterocycles. The fourth-order valence-corrected chi connectivity index (χ4v) is 15.5. The normalized spacial score (nSPS) is 53.8. The molecule has 0 unspecified atom stereocenters. The van der Waals surface area contributed by atoms with E-state index in [9.17, 15) is 45.3 Å². The van der Waals surface area contributed by atoms with Crippen LogP contribution in [-0.4, -0.2) is 152 Å². The minimum Gasteiger partial charge on any atom is -0.456 e. The maximum atomic E-state index is 12.3. The highest BCUT2D eigenvalue weighted by molar-refractivity contribution is 5.67. The van der Waals surface area contributed by atoms with Crippen molar-refractivity contribution in [2.24, 2.45) is 50.7 Å². The predicted molar refractivity (Wildman–Crippen MR) is 213 cm³/mol. The Kier molecular flexibility index (Phi) is 11.5. The summed E-state index contributed by atoms with van der Waals surface area (Å²) in [6.07, 6.45) is -8.21. The molecular weight excluding hydrogens is 796 g/mol. The van der Waals surface area contributed by atoms with Crippen LogP contribution in [0.25, 0.3) is 0 Å². The fourth-order valence-electron chi connectivity index (χ4n) is 15.5. The van der Waals surface area contributed by atoms with Crippen LogP contribution in [0.3, 0.4) is 0 Å². The molecule has 7 N–H and O–H groups in total. The molecule has 61 heavy (non-hydrogen) atoms. The molecule has 0 aromatic heterocycles. The topological polar surface area (TPSA) is 240 Å². The van der Waals surface area contributed by atoms with Gasteiger partial charge in [-0.1, -0.05) is 27.7 Å². The van der Waals surface area contributed by atoms with E-state index in [4.69, 9.17) is 33.2 Å². The van der Waals surface area contributed by atoms with Gasteiger partial charge in [0.15, 0.2) is 24.8 Å². The highest BCUT2D eigenvalue weighted by Crippen LogP contribution is 2.89. The Morgan fingerprint density at radius 1 is 0.754 bits per heavy atom. The van der Waals surface area contributed by atoms with E-state index in [0.717, 1.165) is 25.7 Å². The zero-order valence-corrected chi connectivity index (χ0v) is 37.3. The van der Waals surface area contributed by atoms with Crippen LogP contribution in [0.15, 0.2) is 0 Å². The van der Waals surface area contributed by atoms with Gasteiger partial charge in [0.05, 0.1) is 49.3 Å². The molecule has 2 spiro atoms. The van der Waals surface area contributed by atoms with Crippen LogP contribution in [0.4, 0.5) is 0 Å². The van der Waals surface area contributed by atoms with Gasteiger partial charge < -0.3 is 68.9 Å². The van der Waals surface area contributed by atoms with E-state index in [1.807, 2.05) is 13.8 Å². The van der Waals surface area contributed by atoms with E-state index in [-0.39, 0.29) is 51.9 Å². The van der Waals surface area contributed by atoms with Crippen molar-refractivity contribution in [3.05, 3.63) is 0 Å². The molecule has 0 radical (unpaired) electrons. The molecular formula is C45H72O16. The molecule has 3 saturated heterocycles. The number of esters is 2. The van der Waals surface area contributed by atoms with Crippen LogP contribution in [0.5, 0.6) is 0 Å². The first-order valence-corrected chi connectivity index (χ1v) is 22.6. The number of aliphatic hydroxyl groups is 7. The molecule has 8 rings (SSSR count). The zero-order valence-electron chi connectivity index (χ0n) is 37.3.